The summed E-state index contributed by atoms with van der Waals surface area (Å²) in [5.41, 5.74) is 0.822. The summed E-state index contributed by atoms with van der Waals surface area (Å²) >= 11 is 0. The molecule has 0 saturated heterocycles. The van der Waals surface area contributed by atoms with Crippen molar-refractivity contribution in [3.05, 3.63) is 24.3 Å². The van der Waals surface area contributed by atoms with Gasteiger partial charge in [0.15, 0.2) is 0 Å². The van der Waals surface area contributed by atoms with Gasteiger partial charge in [-0.05, 0) is 24.5 Å². The van der Waals surface area contributed by atoms with Gasteiger partial charge in [-0.25, -0.2) is 13.1 Å². The Kier molecular flexibility index (Phi) is 3.92. The smallest absolute Gasteiger partial charge is 0.242 e. The molecule has 1 heterocycles. The van der Waals surface area contributed by atoms with Crippen molar-refractivity contribution in [1.82, 2.24) is 4.72 Å². The number of nitrogens with zero attached hydrogens (tertiary/aromatic N) is 1. The summed E-state index contributed by atoms with van der Waals surface area (Å²) < 4.78 is 26.7. The Labute approximate surface area is 109 Å². The van der Waals surface area contributed by atoms with Crippen LogP contribution in [0, 0.1) is 5.92 Å². The highest BCUT2D eigenvalue weighted by atomic mass is 32.2. The summed E-state index contributed by atoms with van der Waals surface area (Å²) in [6, 6.07) is 7.22. The molecule has 5 heteroatoms. The monoisotopic (exact) mass is 268 g/mol. The van der Waals surface area contributed by atoms with E-state index in [1.807, 2.05) is 12.1 Å². The lowest BCUT2D eigenvalue weighted by Gasteiger charge is -2.24. The van der Waals surface area contributed by atoms with Gasteiger partial charge in [0.1, 0.15) is 4.90 Å². The molecule has 0 bridgehead atoms. The Balaban J connectivity index is 2.34. The van der Waals surface area contributed by atoms with Gasteiger partial charge < -0.3 is 4.90 Å². The van der Waals surface area contributed by atoms with E-state index in [1.54, 1.807) is 12.1 Å². The molecule has 0 radical (unpaired) electrons. The van der Waals surface area contributed by atoms with Gasteiger partial charge in [-0.2, -0.15) is 0 Å². The van der Waals surface area contributed by atoms with Gasteiger partial charge in [-0.3, -0.25) is 0 Å². The first-order chi connectivity index (χ1) is 8.50. The highest BCUT2D eigenvalue weighted by Crippen LogP contribution is 2.27. The van der Waals surface area contributed by atoms with Crippen LogP contribution in [0.2, 0.25) is 0 Å². The van der Waals surface area contributed by atoms with Crippen molar-refractivity contribution in [2.45, 2.75) is 25.2 Å². The molecule has 4 nitrogen and oxygen atoms in total. The maximum atomic E-state index is 12.0. The molecule has 2 rings (SSSR count). The van der Waals surface area contributed by atoms with Crippen LogP contribution in [0.15, 0.2) is 29.2 Å². The molecule has 0 saturated carbocycles. The second-order valence-electron chi connectivity index (χ2n) is 5.04. The van der Waals surface area contributed by atoms with Crippen LogP contribution < -0.4 is 9.62 Å². The molecular formula is C13H20N2O2S. The molecule has 0 fully saturated rings. The van der Waals surface area contributed by atoms with Crippen molar-refractivity contribution in [2.24, 2.45) is 5.92 Å². The minimum absolute atomic E-state index is 0.395. The molecule has 0 atom stereocenters. The van der Waals surface area contributed by atoms with Crippen molar-refractivity contribution < 1.29 is 8.42 Å². The van der Waals surface area contributed by atoms with Gasteiger partial charge in [0.05, 0.1) is 5.69 Å². The lowest BCUT2D eigenvalue weighted by Crippen LogP contribution is -2.31. The van der Waals surface area contributed by atoms with E-state index >= 15 is 0 Å². The molecule has 0 amide bonds. The van der Waals surface area contributed by atoms with E-state index in [1.165, 1.54) is 0 Å². The first-order valence-electron chi connectivity index (χ1n) is 6.34. The molecule has 0 unspecified atom stereocenters. The summed E-state index contributed by atoms with van der Waals surface area (Å²) in [6.45, 7) is 6.45. The van der Waals surface area contributed by atoms with Gasteiger partial charge >= 0.3 is 0 Å². The number of benzene rings is 1. The normalized spacial score (nSPS) is 18.5. The Morgan fingerprint density at radius 1 is 1.33 bits per heavy atom. The largest absolute Gasteiger partial charge is 0.369 e. The highest BCUT2D eigenvalue weighted by Gasteiger charge is 2.24. The first kappa shape index (κ1) is 13.4. The van der Waals surface area contributed by atoms with Crippen LogP contribution in [0.4, 0.5) is 5.69 Å². The van der Waals surface area contributed by atoms with Crippen LogP contribution in [0.3, 0.4) is 0 Å². The van der Waals surface area contributed by atoms with E-state index in [2.05, 4.69) is 23.5 Å². The third-order valence-electron chi connectivity index (χ3n) is 3.15. The van der Waals surface area contributed by atoms with Crippen LogP contribution in [0.5, 0.6) is 0 Å². The Morgan fingerprint density at radius 2 is 2.06 bits per heavy atom. The summed E-state index contributed by atoms with van der Waals surface area (Å²) in [4.78, 5) is 2.55. The third kappa shape index (κ3) is 2.84. The average Bonchev–Trinajstić information content (AvgIpc) is 2.44. The fourth-order valence-electron chi connectivity index (χ4n) is 2.11. The van der Waals surface area contributed by atoms with Crippen molar-refractivity contribution >= 4 is 15.7 Å². The summed E-state index contributed by atoms with van der Waals surface area (Å²) in [5, 5.41) is 0. The zero-order chi connectivity index (χ0) is 13.2. The maximum Gasteiger partial charge on any atom is 0.242 e. The Hall–Kier alpha value is -1.07. The molecular weight excluding hydrogens is 248 g/mol. The highest BCUT2D eigenvalue weighted by molar-refractivity contribution is 7.89. The van der Waals surface area contributed by atoms with E-state index in [0.717, 1.165) is 25.2 Å². The zero-order valence-corrected chi connectivity index (χ0v) is 11.7. The number of hydrogen-bond donors (Lipinski definition) is 1. The number of fused-ring (bicyclic) bond motifs is 1. The number of anilines is 1. The second-order valence-corrected chi connectivity index (χ2v) is 6.77. The standard InChI is InChI=1S/C13H20N2O2S/c1-11(2)7-9-15-10-8-14-18(16,17)13-6-4-3-5-12(13)15/h3-6,11,14H,7-10H2,1-2H3. The lowest BCUT2D eigenvalue weighted by atomic mass is 10.1. The predicted octanol–water partition coefficient (Wildman–Crippen LogP) is 1.83. The van der Waals surface area contributed by atoms with Crippen molar-refractivity contribution in [3.63, 3.8) is 0 Å². The molecule has 1 aliphatic heterocycles. The number of sulfonamides is 1. The van der Waals surface area contributed by atoms with Gasteiger partial charge in [-0.1, -0.05) is 26.0 Å². The van der Waals surface area contributed by atoms with Crippen molar-refractivity contribution in [3.8, 4) is 0 Å². The van der Waals surface area contributed by atoms with E-state index in [0.29, 0.717) is 17.4 Å². The van der Waals surface area contributed by atoms with Crippen LogP contribution in [-0.4, -0.2) is 28.1 Å². The average molecular weight is 268 g/mol. The van der Waals surface area contributed by atoms with E-state index in [9.17, 15) is 8.42 Å². The van der Waals surface area contributed by atoms with Crippen molar-refractivity contribution in [1.29, 1.82) is 0 Å². The number of para-hydroxylation sites is 1. The summed E-state index contributed by atoms with van der Waals surface area (Å²) in [7, 11) is -3.34. The first-order valence-corrected chi connectivity index (χ1v) is 7.82. The van der Waals surface area contributed by atoms with Crippen LogP contribution >= 0.6 is 0 Å². The molecule has 18 heavy (non-hydrogen) atoms. The molecule has 1 aromatic carbocycles. The van der Waals surface area contributed by atoms with Gasteiger partial charge in [-0.15, -0.1) is 0 Å². The maximum absolute atomic E-state index is 12.0. The SMILES string of the molecule is CC(C)CCN1CCNS(=O)(=O)c2ccccc21. The molecule has 0 spiro atoms. The quantitative estimate of drug-likeness (QED) is 0.910. The fourth-order valence-corrected chi connectivity index (χ4v) is 3.35. The summed E-state index contributed by atoms with van der Waals surface area (Å²) in [6.07, 6.45) is 1.06. The number of nitrogens with one attached hydrogen (secondary N) is 1. The van der Waals surface area contributed by atoms with E-state index in [4.69, 9.17) is 0 Å². The predicted molar refractivity (Wildman–Crippen MR) is 73.3 cm³/mol. The molecule has 0 aliphatic carbocycles. The lowest BCUT2D eigenvalue weighted by molar-refractivity contribution is 0.570. The summed E-state index contributed by atoms with van der Waals surface area (Å²) in [5.74, 6) is 0.616. The second kappa shape index (κ2) is 5.28. The van der Waals surface area contributed by atoms with Crippen molar-refractivity contribution in [2.75, 3.05) is 24.5 Å². The molecule has 100 valence electrons. The minimum Gasteiger partial charge on any atom is -0.369 e. The fraction of sp³-hybridized carbons (Fsp3) is 0.538. The number of rotatable bonds is 3. The van der Waals surface area contributed by atoms with Crippen LogP contribution in [-0.2, 0) is 10.0 Å². The van der Waals surface area contributed by atoms with Gasteiger partial charge in [0, 0.05) is 19.6 Å². The van der Waals surface area contributed by atoms with Crippen LogP contribution in [0.1, 0.15) is 20.3 Å². The van der Waals surface area contributed by atoms with Crippen LogP contribution in [0.25, 0.3) is 0 Å². The zero-order valence-electron chi connectivity index (χ0n) is 10.9. The Bertz CT molecular complexity index is 511. The molecule has 1 N–H and O–H groups in total. The topological polar surface area (TPSA) is 49.4 Å². The molecule has 1 aromatic rings. The van der Waals surface area contributed by atoms with Gasteiger partial charge in [0.2, 0.25) is 10.0 Å². The third-order valence-corrected chi connectivity index (χ3v) is 4.65. The van der Waals surface area contributed by atoms with Gasteiger partial charge in [0.25, 0.3) is 0 Å². The molecule has 0 aromatic heterocycles. The minimum atomic E-state index is -3.34. The van der Waals surface area contributed by atoms with E-state index < -0.39 is 10.0 Å². The number of hydrogen-bond acceptors (Lipinski definition) is 3. The Morgan fingerprint density at radius 3 is 2.78 bits per heavy atom. The molecule has 1 aliphatic rings. The van der Waals surface area contributed by atoms with E-state index in [-0.39, 0.29) is 0 Å².